The quantitative estimate of drug-likeness (QED) is 0.784. The average molecular weight is 398 g/mol. The summed E-state index contributed by atoms with van der Waals surface area (Å²) in [5, 5.41) is 0. The lowest BCUT2D eigenvalue weighted by molar-refractivity contribution is 0.0746. The summed E-state index contributed by atoms with van der Waals surface area (Å²) in [6.07, 6.45) is 1.62. The molecule has 29 heavy (non-hydrogen) atoms. The molecule has 0 N–H and O–H groups in total. The van der Waals surface area contributed by atoms with E-state index in [9.17, 15) is 9.18 Å². The predicted molar refractivity (Wildman–Crippen MR) is 111 cm³/mol. The van der Waals surface area contributed by atoms with E-state index in [1.807, 2.05) is 6.07 Å². The molecule has 0 spiro atoms. The molecule has 7 nitrogen and oxygen atoms in total. The summed E-state index contributed by atoms with van der Waals surface area (Å²) in [4.78, 5) is 30.2. The number of likely N-dealkylation sites (N-methyl/N-ethyl adjacent to an activating group) is 1. The standard InChI is InChI=1S/C21H27FN6O/c1-16-3-4-17(13-18(16)22)21(29)28-11-9-27(10-12-28)20-14-19(23-15-24-20)26-7-5-25(2)6-8-26/h3-4,13-15H,5-12H2,1-2H3. The molecule has 0 bridgehead atoms. The van der Waals surface area contributed by atoms with E-state index >= 15 is 0 Å². The highest BCUT2D eigenvalue weighted by Crippen LogP contribution is 2.21. The molecule has 154 valence electrons. The SMILES string of the molecule is Cc1ccc(C(=O)N2CCN(c3cc(N4CCN(C)CC4)ncn3)CC2)cc1F. The van der Waals surface area contributed by atoms with E-state index in [0.717, 1.165) is 37.8 Å². The van der Waals surface area contributed by atoms with Gasteiger partial charge in [0.2, 0.25) is 0 Å². The number of hydrogen-bond acceptors (Lipinski definition) is 6. The second-order valence-corrected chi connectivity index (χ2v) is 7.77. The number of carbonyl (C=O) groups is 1. The Kier molecular flexibility index (Phi) is 5.62. The van der Waals surface area contributed by atoms with Crippen molar-refractivity contribution in [2.45, 2.75) is 6.92 Å². The van der Waals surface area contributed by atoms with Gasteiger partial charge >= 0.3 is 0 Å². The highest BCUT2D eigenvalue weighted by Gasteiger charge is 2.24. The average Bonchev–Trinajstić information content (AvgIpc) is 2.76. The Balaban J connectivity index is 1.39. The van der Waals surface area contributed by atoms with E-state index in [4.69, 9.17) is 0 Å². The van der Waals surface area contributed by atoms with Gasteiger partial charge in [-0.15, -0.1) is 0 Å². The lowest BCUT2D eigenvalue weighted by Crippen LogP contribution is -2.49. The molecular formula is C21H27FN6O. The van der Waals surface area contributed by atoms with Crippen LogP contribution < -0.4 is 9.80 Å². The summed E-state index contributed by atoms with van der Waals surface area (Å²) < 4.78 is 13.8. The smallest absolute Gasteiger partial charge is 0.254 e. The maximum atomic E-state index is 13.8. The molecule has 0 saturated carbocycles. The van der Waals surface area contributed by atoms with Crippen LogP contribution in [0.25, 0.3) is 0 Å². The van der Waals surface area contributed by atoms with E-state index in [1.54, 1.807) is 30.3 Å². The maximum absolute atomic E-state index is 13.8. The van der Waals surface area contributed by atoms with Crippen LogP contribution in [0.5, 0.6) is 0 Å². The topological polar surface area (TPSA) is 55.8 Å². The van der Waals surface area contributed by atoms with Crippen LogP contribution in [0.1, 0.15) is 15.9 Å². The molecule has 1 aromatic carbocycles. The third-order valence-corrected chi connectivity index (χ3v) is 5.78. The zero-order valence-corrected chi connectivity index (χ0v) is 17.0. The minimum atomic E-state index is -0.341. The first-order chi connectivity index (χ1) is 14.0. The van der Waals surface area contributed by atoms with Gasteiger partial charge in [-0.25, -0.2) is 14.4 Å². The van der Waals surface area contributed by atoms with E-state index < -0.39 is 0 Å². The monoisotopic (exact) mass is 398 g/mol. The zero-order chi connectivity index (χ0) is 20.4. The number of hydrogen-bond donors (Lipinski definition) is 0. The van der Waals surface area contributed by atoms with Crippen molar-refractivity contribution in [2.24, 2.45) is 0 Å². The highest BCUT2D eigenvalue weighted by molar-refractivity contribution is 5.94. The number of carbonyl (C=O) groups excluding carboxylic acids is 1. The first-order valence-electron chi connectivity index (χ1n) is 10.1. The second-order valence-electron chi connectivity index (χ2n) is 7.77. The molecule has 2 aliphatic heterocycles. The van der Waals surface area contributed by atoms with Gasteiger partial charge in [-0.05, 0) is 31.7 Å². The summed E-state index contributed by atoms with van der Waals surface area (Å²) in [6.45, 7) is 8.23. The molecule has 2 aromatic rings. The zero-order valence-electron chi connectivity index (χ0n) is 17.0. The van der Waals surface area contributed by atoms with Crippen LogP contribution in [0.2, 0.25) is 0 Å². The third kappa shape index (κ3) is 4.32. The minimum Gasteiger partial charge on any atom is -0.354 e. The number of anilines is 2. The molecule has 0 aliphatic carbocycles. The summed E-state index contributed by atoms with van der Waals surface area (Å²) in [5.41, 5.74) is 0.951. The summed E-state index contributed by atoms with van der Waals surface area (Å²) in [5.74, 6) is 1.38. The fraction of sp³-hybridized carbons (Fsp3) is 0.476. The first kappa shape index (κ1) is 19.6. The number of rotatable bonds is 3. The molecule has 0 unspecified atom stereocenters. The van der Waals surface area contributed by atoms with Crippen molar-refractivity contribution in [3.05, 3.63) is 47.5 Å². The largest absolute Gasteiger partial charge is 0.354 e. The van der Waals surface area contributed by atoms with Gasteiger partial charge in [0, 0.05) is 64.0 Å². The number of benzene rings is 1. The van der Waals surface area contributed by atoms with E-state index in [-0.39, 0.29) is 11.7 Å². The molecule has 3 heterocycles. The van der Waals surface area contributed by atoms with Crippen molar-refractivity contribution in [3.63, 3.8) is 0 Å². The van der Waals surface area contributed by atoms with Gasteiger partial charge < -0.3 is 19.6 Å². The molecule has 8 heteroatoms. The molecule has 0 radical (unpaired) electrons. The third-order valence-electron chi connectivity index (χ3n) is 5.78. The summed E-state index contributed by atoms with van der Waals surface area (Å²) in [6, 6.07) is 6.72. The van der Waals surface area contributed by atoms with Crippen molar-refractivity contribution in [1.29, 1.82) is 0 Å². The number of piperazine rings is 2. The summed E-state index contributed by atoms with van der Waals surface area (Å²) >= 11 is 0. The Hall–Kier alpha value is -2.74. The Labute approximate surface area is 170 Å². The van der Waals surface area contributed by atoms with Crippen molar-refractivity contribution in [2.75, 3.05) is 69.2 Å². The van der Waals surface area contributed by atoms with Gasteiger partial charge in [0.25, 0.3) is 5.91 Å². The Morgan fingerprint density at radius 3 is 2.07 bits per heavy atom. The fourth-order valence-corrected chi connectivity index (χ4v) is 3.77. The van der Waals surface area contributed by atoms with Crippen LogP contribution in [0.3, 0.4) is 0 Å². The molecule has 1 amide bonds. The van der Waals surface area contributed by atoms with Crippen molar-refractivity contribution in [1.82, 2.24) is 19.8 Å². The second kappa shape index (κ2) is 8.32. The molecule has 2 fully saturated rings. The van der Waals surface area contributed by atoms with Gasteiger partial charge in [0.1, 0.15) is 23.8 Å². The Bertz CT molecular complexity index is 875. The van der Waals surface area contributed by atoms with Crippen molar-refractivity contribution >= 4 is 17.5 Å². The highest BCUT2D eigenvalue weighted by atomic mass is 19.1. The minimum absolute atomic E-state index is 0.121. The van der Waals surface area contributed by atoms with Crippen molar-refractivity contribution < 1.29 is 9.18 Å². The number of aromatic nitrogens is 2. The van der Waals surface area contributed by atoms with Gasteiger partial charge in [0.15, 0.2) is 0 Å². The maximum Gasteiger partial charge on any atom is 0.254 e. The van der Waals surface area contributed by atoms with Gasteiger partial charge in [0.05, 0.1) is 0 Å². The molecule has 2 aliphatic rings. The van der Waals surface area contributed by atoms with Gasteiger partial charge in [-0.1, -0.05) is 6.07 Å². The number of nitrogens with zero attached hydrogens (tertiary/aromatic N) is 6. The Morgan fingerprint density at radius 1 is 0.897 bits per heavy atom. The number of aryl methyl sites for hydroxylation is 1. The van der Waals surface area contributed by atoms with Crippen LogP contribution in [-0.2, 0) is 0 Å². The molecule has 1 aromatic heterocycles. The molecular weight excluding hydrogens is 371 g/mol. The Morgan fingerprint density at radius 2 is 1.48 bits per heavy atom. The van der Waals surface area contributed by atoms with Crippen molar-refractivity contribution in [3.8, 4) is 0 Å². The molecule has 2 saturated heterocycles. The lowest BCUT2D eigenvalue weighted by atomic mass is 10.1. The van der Waals surface area contributed by atoms with Crippen LogP contribution in [0.15, 0.2) is 30.6 Å². The summed E-state index contributed by atoms with van der Waals surface area (Å²) in [7, 11) is 2.13. The van der Waals surface area contributed by atoms with Crippen LogP contribution in [-0.4, -0.2) is 85.1 Å². The number of amides is 1. The van der Waals surface area contributed by atoms with E-state index in [0.29, 0.717) is 37.3 Å². The normalized spacial score (nSPS) is 18.2. The predicted octanol–water partition coefficient (Wildman–Crippen LogP) is 1.64. The van der Waals surface area contributed by atoms with E-state index in [1.165, 1.54) is 6.07 Å². The van der Waals surface area contributed by atoms with Gasteiger partial charge in [-0.2, -0.15) is 0 Å². The fourth-order valence-electron chi connectivity index (χ4n) is 3.77. The molecule has 4 rings (SSSR count). The first-order valence-corrected chi connectivity index (χ1v) is 10.1. The van der Waals surface area contributed by atoms with E-state index in [2.05, 4.69) is 31.7 Å². The lowest BCUT2D eigenvalue weighted by Gasteiger charge is -2.36. The number of halogens is 1. The van der Waals surface area contributed by atoms with Gasteiger partial charge in [-0.3, -0.25) is 4.79 Å². The van der Waals surface area contributed by atoms with Crippen LogP contribution >= 0.6 is 0 Å². The van der Waals surface area contributed by atoms with Crippen LogP contribution in [0.4, 0.5) is 16.0 Å². The van der Waals surface area contributed by atoms with Crippen LogP contribution in [0, 0.1) is 12.7 Å². The molecule has 0 atom stereocenters.